The molecule has 5 atom stereocenters. The zero-order valence-electron chi connectivity index (χ0n) is 30.7. The monoisotopic (exact) mass is 754 g/mol. The number of hydrogen-bond donors (Lipinski definition) is 3. The molecule has 2 fully saturated rings. The summed E-state index contributed by atoms with van der Waals surface area (Å²) in [6.07, 6.45) is -6.34. The number of ether oxygens (including phenoxy) is 3. The van der Waals surface area contributed by atoms with Gasteiger partial charge in [-0.05, 0) is 62.3 Å². The molecule has 14 nitrogen and oxygen atoms in total. The van der Waals surface area contributed by atoms with Gasteiger partial charge in [-0.15, -0.1) is 0 Å². The second kappa shape index (κ2) is 16.1. The van der Waals surface area contributed by atoms with Crippen molar-refractivity contribution >= 4 is 34.8 Å². The van der Waals surface area contributed by atoms with E-state index in [0.717, 1.165) is 17.5 Å². The van der Waals surface area contributed by atoms with Crippen molar-refractivity contribution in [2.45, 2.75) is 68.6 Å². The second-order valence-electron chi connectivity index (χ2n) is 13.7. The number of carbonyl (C=O) groups excluding carboxylic acids is 2. The number of likely N-dealkylation sites (N-methyl/N-ethyl adjacent to an activating group) is 1. The minimum absolute atomic E-state index is 0.0559. The van der Waals surface area contributed by atoms with Gasteiger partial charge in [-0.3, -0.25) is 4.79 Å². The highest BCUT2D eigenvalue weighted by molar-refractivity contribution is 5.85. The highest BCUT2D eigenvalue weighted by Gasteiger charge is 2.51. The van der Waals surface area contributed by atoms with Crippen LogP contribution in [0.25, 0.3) is 11.2 Å². The number of hydrogen-bond acceptors (Lipinski definition) is 12. The Bertz CT molecular complexity index is 1880. The van der Waals surface area contributed by atoms with E-state index in [2.05, 4.69) is 20.5 Å². The lowest BCUT2D eigenvalue weighted by atomic mass is 9.91. The summed E-state index contributed by atoms with van der Waals surface area (Å²) in [5, 5.41) is 17.3. The van der Waals surface area contributed by atoms with E-state index in [1.807, 2.05) is 67.5 Å². The molecule has 1 saturated carbocycles. The second-order valence-corrected chi connectivity index (χ2v) is 13.7. The fourth-order valence-electron chi connectivity index (χ4n) is 7.11. The molecule has 2 aromatic carbocycles. The zero-order valence-corrected chi connectivity index (χ0v) is 30.7. The number of aromatic nitrogens is 4. The fraction of sp³-hybridized carbons (Fsp3) is 0.486. The summed E-state index contributed by atoms with van der Waals surface area (Å²) in [5.74, 6) is -0.867. The minimum Gasteiger partial charge on any atom is -0.497 e. The highest BCUT2D eigenvalue weighted by atomic mass is 19.4. The van der Waals surface area contributed by atoms with Gasteiger partial charge in [0, 0.05) is 38.0 Å². The topological polar surface area (TPSA) is 156 Å². The van der Waals surface area contributed by atoms with Crippen molar-refractivity contribution in [1.82, 2.24) is 29.7 Å². The third-order valence-electron chi connectivity index (χ3n) is 10.2. The number of fused-ring (bicyclic) bond motifs is 1. The first kappa shape index (κ1) is 38.6. The molecule has 4 aromatic rings. The molecule has 17 heteroatoms. The number of benzene rings is 2. The molecule has 3 N–H and O–H groups in total. The molecule has 3 heterocycles. The Morgan fingerprint density at radius 3 is 2.19 bits per heavy atom. The zero-order chi connectivity index (χ0) is 38.7. The van der Waals surface area contributed by atoms with Crippen LogP contribution in [0.15, 0.2) is 54.9 Å². The van der Waals surface area contributed by atoms with Gasteiger partial charge in [0.2, 0.25) is 11.9 Å². The van der Waals surface area contributed by atoms with E-state index in [-0.39, 0.29) is 30.4 Å². The Balaban J connectivity index is 1.41. The van der Waals surface area contributed by atoms with E-state index < -0.39 is 42.3 Å². The highest BCUT2D eigenvalue weighted by Crippen LogP contribution is 2.38. The van der Waals surface area contributed by atoms with Crippen molar-refractivity contribution in [2.24, 2.45) is 0 Å². The molecule has 1 aliphatic heterocycles. The van der Waals surface area contributed by atoms with Crippen LogP contribution in [-0.2, 0) is 14.3 Å². The molecule has 1 amide bonds. The minimum atomic E-state index is -5.30. The number of amides is 1. The van der Waals surface area contributed by atoms with Crippen LogP contribution in [0.3, 0.4) is 0 Å². The Morgan fingerprint density at radius 1 is 1.02 bits per heavy atom. The number of halogens is 3. The number of imidazole rings is 1. The maximum Gasteiger partial charge on any atom is 0.490 e. The molecular weight excluding hydrogens is 709 g/mol. The average molecular weight is 755 g/mol. The number of aliphatic hydroxyl groups is 1. The van der Waals surface area contributed by atoms with Crippen molar-refractivity contribution in [1.29, 1.82) is 0 Å². The molecular formula is C37H45F3N8O6. The van der Waals surface area contributed by atoms with Gasteiger partial charge < -0.3 is 44.3 Å². The van der Waals surface area contributed by atoms with Crippen LogP contribution in [0.4, 0.5) is 24.9 Å². The van der Waals surface area contributed by atoms with Gasteiger partial charge in [0.05, 0.1) is 32.6 Å². The van der Waals surface area contributed by atoms with Crippen LogP contribution < -0.4 is 25.0 Å². The number of nitrogens with one attached hydrogen (secondary N) is 2. The van der Waals surface area contributed by atoms with Crippen LogP contribution in [0.5, 0.6) is 11.5 Å². The molecule has 54 heavy (non-hydrogen) atoms. The van der Waals surface area contributed by atoms with Gasteiger partial charge in [-0.1, -0.05) is 31.2 Å². The van der Waals surface area contributed by atoms with Crippen molar-refractivity contribution in [3.8, 4) is 11.5 Å². The summed E-state index contributed by atoms with van der Waals surface area (Å²) in [4.78, 5) is 43.1. The molecule has 290 valence electrons. The number of rotatable bonds is 13. The molecule has 1 saturated heterocycles. The molecule has 2 aliphatic rings. The van der Waals surface area contributed by atoms with Gasteiger partial charge in [-0.25, -0.2) is 9.78 Å². The first-order chi connectivity index (χ1) is 25.8. The third kappa shape index (κ3) is 8.16. The molecule has 0 radical (unpaired) electrons. The van der Waals surface area contributed by atoms with Crippen LogP contribution in [0.2, 0.25) is 0 Å². The van der Waals surface area contributed by atoms with E-state index in [0.29, 0.717) is 48.4 Å². The van der Waals surface area contributed by atoms with Crippen molar-refractivity contribution in [3.05, 3.63) is 66.0 Å². The number of alkyl halides is 3. The first-order valence-corrected chi connectivity index (χ1v) is 17.7. The van der Waals surface area contributed by atoms with Gasteiger partial charge in [0.1, 0.15) is 17.6 Å². The summed E-state index contributed by atoms with van der Waals surface area (Å²) in [5.41, 5.74) is 2.57. The lowest BCUT2D eigenvalue weighted by Crippen LogP contribution is -2.45. The lowest BCUT2D eigenvalue weighted by molar-refractivity contribution is -0.209. The Hall–Kier alpha value is -5.16. The Kier molecular flexibility index (Phi) is 11.5. The largest absolute Gasteiger partial charge is 0.497 e. The summed E-state index contributed by atoms with van der Waals surface area (Å²) >= 11 is 0. The van der Waals surface area contributed by atoms with E-state index in [9.17, 15) is 27.9 Å². The lowest BCUT2D eigenvalue weighted by Gasteiger charge is -2.25. The third-order valence-corrected chi connectivity index (χ3v) is 10.2. The fourth-order valence-corrected chi connectivity index (χ4v) is 7.11. The predicted molar refractivity (Wildman–Crippen MR) is 194 cm³/mol. The molecule has 0 bridgehead atoms. The van der Waals surface area contributed by atoms with Gasteiger partial charge in [-0.2, -0.15) is 23.1 Å². The summed E-state index contributed by atoms with van der Waals surface area (Å²) < 4.78 is 57.6. The summed E-state index contributed by atoms with van der Waals surface area (Å²) in [6.45, 7) is 3.25. The molecule has 2 aromatic heterocycles. The van der Waals surface area contributed by atoms with Crippen molar-refractivity contribution in [2.75, 3.05) is 58.2 Å². The number of carbonyl (C=O) groups is 2. The SMILES string of the molecule is CCC(=O)N[C@H]1C[C@@H](n2cnc3c(NCC(c4ccc(OC)cc4)c4ccc(OC)cc4)nc(N4CC[C@@H](N(C)C)C4)nc32)[C@H](OC(=O)C(F)(F)F)[C@@H]1O. The Morgan fingerprint density at radius 2 is 1.65 bits per heavy atom. The quantitative estimate of drug-likeness (QED) is 0.170. The Labute approximate surface area is 310 Å². The molecule has 0 spiro atoms. The van der Waals surface area contributed by atoms with E-state index in [1.165, 1.54) is 10.9 Å². The molecule has 6 rings (SSSR count). The maximum atomic E-state index is 13.5. The van der Waals surface area contributed by atoms with Crippen LogP contribution in [0.1, 0.15) is 49.3 Å². The summed E-state index contributed by atoms with van der Waals surface area (Å²) in [6, 6.07) is 13.7. The van der Waals surface area contributed by atoms with Crippen molar-refractivity contribution in [3.63, 3.8) is 0 Å². The molecule has 1 aliphatic carbocycles. The normalized spacial score (nSPS) is 21.5. The smallest absolute Gasteiger partial charge is 0.490 e. The van der Waals surface area contributed by atoms with Crippen molar-refractivity contribution < 1.29 is 42.1 Å². The first-order valence-electron chi connectivity index (χ1n) is 17.7. The van der Waals surface area contributed by atoms with Crippen LogP contribution in [0, 0.1) is 0 Å². The number of esters is 1. The standard InChI is InChI=1S/C37H45F3N8O6/c1-6-29(49)43-27-17-28(32(31(27)50)54-35(51)37(38,39)40)48-20-42-30-33(44-36(45-34(30)48)47-16-15-23(19-47)46(2)3)41-18-26(21-7-11-24(52-4)12-8-21)22-9-13-25(53-5)14-10-22/h7-14,20,23,26-28,31-32,50H,6,15-19H2,1-5H3,(H,43,49)(H,41,44,45)/t23-,27+,28-,31-,32+/m1/s1. The van der Waals surface area contributed by atoms with Crippen LogP contribution in [-0.4, -0.2) is 120 Å². The van der Waals surface area contributed by atoms with Gasteiger partial charge >= 0.3 is 12.1 Å². The van der Waals surface area contributed by atoms with E-state index in [4.69, 9.17) is 24.2 Å². The average Bonchev–Trinajstić information content (AvgIpc) is 3.90. The van der Waals surface area contributed by atoms with Gasteiger partial charge in [0.25, 0.3) is 0 Å². The molecule has 0 unspecified atom stereocenters. The van der Waals surface area contributed by atoms with Crippen LogP contribution >= 0.6 is 0 Å². The number of anilines is 2. The number of aliphatic hydroxyl groups excluding tert-OH is 1. The van der Waals surface area contributed by atoms with E-state index in [1.54, 1.807) is 21.1 Å². The number of nitrogens with zero attached hydrogens (tertiary/aromatic N) is 6. The predicted octanol–water partition coefficient (Wildman–Crippen LogP) is 3.90. The maximum absolute atomic E-state index is 13.5. The summed E-state index contributed by atoms with van der Waals surface area (Å²) in [7, 11) is 7.21. The van der Waals surface area contributed by atoms with E-state index >= 15 is 0 Å². The van der Waals surface area contributed by atoms with Gasteiger partial charge in [0.15, 0.2) is 23.1 Å². The number of methoxy groups -OCH3 is 2.